The summed E-state index contributed by atoms with van der Waals surface area (Å²) in [6.07, 6.45) is 1.26. The fourth-order valence-electron chi connectivity index (χ4n) is 1.65. The van der Waals surface area contributed by atoms with E-state index in [9.17, 15) is 5.21 Å². The minimum atomic E-state index is 0.468. The molecule has 3 heteroatoms. The Kier molecular flexibility index (Phi) is 1.22. The van der Waals surface area contributed by atoms with Gasteiger partial charge in [-0.2, -0.15) is 0 Å². The second-order valence-corrected chi connectivity index (χ2v) is 2.97. The van der Waals surface area contributed by atoms with Gasteiger partial charge in [0.1, 0.15) is 0 Å². The van der Waals surface area contributed by atoms with Gasteiger partial charge in [0, 0.05) is 13.1 Å². The van der Waals surface area contributed by atoms with E-state index in [0.717, 1.165) is 19.6 Å². The number of nitrogens with one attached hydrogen (secondary N) is 1. The maximum absolute atomic E-state index is 10.8. The van der Waals surface area contributed by atoms with Gasteiger partial charge in [-0.05, 0) is 6.42 Å². The molecular formula is C6H12N2O. The fourth-order valence-corrected chi connectivity index (χ4v) is 1.65. The maximum Gasteiger partial charge on any atom is 0.0927 e. The molecule has 0 radical (unpaired) electrons. The van der Waals surface area contributed by atoms with Crippen molar-refractivity contribution in [3.63, 3.8) is 0 Å². The van der Waals surface area contributed by atoms with E-state index in [4.69, 9.17) is 0 Å². The van der Waals surface area contributed by atoms with E-state index in [1.807, 2.05) is 0 Å². The average Bonchev–Trinajstić information content (AvgIpc) is 1.78. The Bertz CT molecular complexity index is 118. The van der Waals surface area contributed by atoms with E-state index < -0.39 is 0 Å². The van der Waals surface area contributed by atoms with E-state index in [0.29, 0.717) is 11.1 Å². The van der Waals surface area contributed by atoms with Gasteiger partial charge in [-0.15, -0.1) is 0 Å². The molecule has 0 saturated carbocycles. The number of rotatable bonds is 0. The summed E-state index contributed by atoms with van der Waals surface area (Å²) in [6.45, 7) is 3.90. The lowest BCUT2D eigenvalue weighted by Crippen LogP contribution is -3.12. The van der Waals surface area contributed by atoms with Gasteiger partial charge >= 0.3 is 0 Å². The van der Waals surface area contributed by atoms with Crippen molar-refractivity contribution in [2.45, 2.75) is 12.5 Å². The monoisotopic (exact) mass is 128 g/mol. The quantitative estimate of drug-likeness (QED) is 0.401. The van der Waals surface area contributed by atoms with Crippen LogP contribution in [-0.4, -0.2) is 37.1 Å². The van der Waals surface area contributed by atoms with E-state index in [1.54, 1.807) is 0 Å². The summed E-state index contributed by atoms with van der Waals surface area (Å²) < 4.78 is 0. The molecule has 2 atom stereocenters. The maximum atomic E-state index is 10.8. The molecule has 2 saturated heterocycles. The fraction of sp³-hybridized carbons (Fsp3) is 1.00. The average molecular weight is 128 g/mol. The molecule has 2 unspecified atom stereocenters. The molecule has 0 spiro atoms. The highest BCUT2D eigenvalue weighted by Crippen LogP contribution is 2.15. The predicted molar refractivity (Wildman–Crippen MR) is 34.0 cm³/mol. The van der Waals surface area contributed by atoms with E-state index in [1.165, 1.54) is 13.0 Å². The standard InChI is InChI=1S/C6H12N2O/c9-8-4-3-7-2-1-6(7)5-8/h6,8H,1-5H2. The van der Waals surface area contributed by atoms with Crippen molar-refractivity contribution in [2.75, 3.05) is 26.2 Å². The molecule has 2 heterocycles. The van der Waals surface area contributed by atoms with Gasteiger partial charge in [-0.25, -0.2) is 0 Å². The number of quaternary nitrogens is 1. The number of nitrogens with zero attached hydrogens (tertiary/aromatic N) is 1. The summed E-state index contributed by atoms with van der Waals surface area (Å²) >= 11 is 0. The lowest BCUT2D eigenvalue weighted by atomic mass is 10.0. The zero-order valence-corrected chi connectivity index (χ0v) is 5.47. The van der Waals surface area contributed by atoms with Crippen LogP contribution in [0.4, 0.5) is 0 Å². The summed E-state index contributed by atoms with van der Waals surface area (Å²) in [7, 11) is 0. The zero-order chi connectivity index (χ0) is 6.27. The summed E-state index contributed by atoms with van der Waals surface area (Å²) in [5, 5.41) is 11.3. The van der Waals surface area contributed by atoms with Gasteiger partial charge in [-0.3, -0.25) is 4.90 Å². The van der Waals surface area contributed by atoms with Gasteiger partial charge in [-0.1, -0.05) is 0 Å². The Morgan fingerprint density at radius 1 is 1.44 bits per heavy atom. The largest absolute Gasteiger partial charge is 0.634 e. The number of hydrogen-bond donors (Lipinski definition) is 1. The van der Waals surface area contributed by atoms with Crippen LogP contribution in [0.5, 0.6) is 0 Å². The predicted octanol–water partition coefficient (Wildman–Crippen LogP) is -1.54. The number of fused-ring (bicyclic) bond motifs is 1. The highest BCUT2D eigenvalue weighted by Gasteiger charge is 2.33. The molecule has 2 aliphatic heterocycles. The van der Waals surface area contributed by atoms with Crippen molar-refractivity contribution in [2.24, 2.45) is 0 Å². The molecule has 2 rings (SSSR count). The normalized spacial score (nSPS) is 43.7. The topological polar surface area (TPSA) is 30.7 Å². The second kappa shape index (κ2) is 1.94. The van der Waals surface area contributed by atoms with Crippen LogP contribution in [0.15, 0.2) is 0 Å². The molecule has 3 nitrogen and oxygen atoms in total. The van der Waals surface area contributed by atoms with Gasteiger partial charge in [0.25, 0.3) is 0 Å². The highest BCUT2D eigenvalue weighted by molar-refractivity contribution is 4.83. The Balaban J connectivity index is 1.92. The molecule has 9 heavy (non-hydrogen) atoms. The van der Waals surface area contributed by atoms with Crippen molar-refractivity contribution in [1.82, 2.24) is 4.90 Å². The van der Waals surface area contributed by atoms with Crippen LogP contribution in [-0.2, 0) is 0 Å². The summed E-state index contributed by atoms with van der Waals surface area (Å²) in [5.41, 5.74) is 0. The number of hydrogen-bond acceptors (Lipinski definition) is 2. The smallest absolute Gasteiger partial charge is 0.0927 e. The van der Waals surface area contributed by atoms with Gasteiger partial charge < -0.3 is 10.3 Å². The molecule has 52 valence electrons. The van der Waals surface area contributed by atoms with E-state index in [2.05, 4.69) is 4.90 Å². The first-order valence-corrected chi connectivity index (χ1v) is 3.62. The van der Waals surface area contributed by atoms with Crippen LogP contribution < -0.4 is 5.06 Å². The Labute approximate surface area is 54.8 Å². The molecule has 0 bridgehead atoms. The molecule has 1 N–H and O–H groups in total. The van der Waals surface area contributed by atoms with Gasteiger partial charge in [0.05, 0.1) is 19.1 Å². The van der Waals surface area contributed by atoms with Crippen LogP contribution in [0.3, 0.4) is 0 Å². The van der Waals surface area contributed by atoms with Crippen LogP contribution in [0.2, 0.25) is 0 Å². The summed E-state index contributed by atoms with van der Waals surface area (Å²) in [6, 6.07) is 0.645. The first-order valence-electron chi connectivity index (χ1n) is 3.62. The Morgan fingerprint density at radius 3 is 2.78 bits per heavy atom. The molecule has 0 aromatic carbocycles. The molecule has 0 aliphatic carbocycles. The lowest BCUT2D eigenvalue weighted by molar-refractivity contribution is -0.858. The van der Waals surface area contributed by atoms with Crippen LogP contribution in [0.1, 0.15) is 6.42 Å². The third kappa shape index (κ3) is 0.852. The first kappa shape index (κ1) is 5.65. The molecule has 0 aromatic rings. The van der Waals surface area contributed by atoms with Crippen LogP contribution >= 0.6 is 0 Å². The van der Waals surface area contributed by atoms with Crippen molar-refractivity contribution >= 4 is 0 Å². The van der Waals surface area contributed by atoms with Crippen molar-refractivity contribution in [1.29, 1.82) is 0 Å². The minimum Gasteiger partial charge on any atom is -0.634 e. The van der Waals surface area contributed by atoms with Crippen molar-refractivity contribution in [3.05, 3.63) is 5.21 Å². The van der Waals surface area contributed by atoms with E-state index in [-0.39, 0.29) is 0 Å². The zero-order valence-electron chi connectivity index (χ0n) is 5.47. The highest BCUT2D eigenvalue weighted by atomic mass is 16.5. The minimum absolute atomic E-state index is 0.468. The summed E-state index contributed by atoms with van der Waals surface area (Å²) in [4.78, 5) is 2.40. The molecule has 2 fully saturated rings. The SMILES string of the molecule is [O-][NH+]1CCN2CCC2C1. The first-order chi connectivity index (χ1) is 4.36. The number of piperazine rings is 1. The van der Waals surface area contributed by atoms with Crippen LogP contribution in [0.25, 0.3) is 0 Å². The van der Waals surface area contributed by atoms with Crippen molar-refractivity contribution < 1.29 is 5.06 Å². The van der Waals surface area contributed by atoms with Gasteiger partial charge in [0.2, 0.25) is 0 Å². The third-order valence-corrected chi connectivity index (χ3v) is 2.41. The lowest BCUT2D eigenvalue weighted by Gasteiger charge is -2.47. The Morgan fingerprint density at radius 2 is 2.33 bits per heavy atom. The van der Waals surface area contributed by atoms with E-state index >= 15 is 0 Å². The third-order valence-electron chi connectivity index (χ3n) is 2.41. The summed E-state index contributed by atoms with van der Waals surface area (Å²) in [5.74, 6) is 0. The second-order valence-electron chi connectivity index (χ2n) is 2.97. The Hall–Kier alpha value is -0.120. The number of hydroxylamine groups is 2. The van der Waals surface area contributed by atoms with Crippen LogP contribution in [0, 0.1) is 5.21 Å². The molecular weight excluding hydrogens is 116 g/mol. The molecule has 0 aromatic heterocycles. The van der Waals surface area contributed by atoms with Crippen molar-refractivity contribution in [3.8, 4) is 0 Å². The van der Waals surface area contributed by atoms with Gasteiger partial charge in [0.15, 0.2) is 0 Å². The molecule has 2 aliphatic rings. The molecule has 0 amide bonds.